The highest BCUT2D eigenvalue weighted by Gasteiger charge is 2.27. The van der Waals surface area contributed by atoms with Crippen molar-refractivity contribution in [2.24, 2.45) is 5.73 Å². The van der Waals surface area contributed by atoms with E-state index in [-0.39, 0.29) is 28.2 Å². The van der Waals surface area contributed by atoms with Gasteiger partial charge < -0.3 is 21.4 Å². The van der Waals surface area contributed by atoms with Crippen LogP contribution in [0, 0.1) is 18.6 Å². The van der Waals surface area contributed by atoms with Gasteiger partial charge in [0.2, 0.25) is 0 Å². The zero-order valence-electron chi connectivity index (χ0n) is 18.0. The van der Waals surface area contributed by atoms with E-state index in [1.54, 1.807) is 12.3 Å². The predicted molar refractivity (Wildman–Crippen MR) is 128 cm³/mol. The molecule has 1 aliphatic heterocycles. The molecule has 6 nitrogen and oxygen atoms in total. The van der Waals surface area contributed by atoms with Crippen molar-refractivity contribution in [3.05, 3.63) is 58.7 Å². The highest BCUT2D eigenvalue weighted by molar-refractivity contribution is 6.31. The topological polar surface area (TPSA) is 96.8 Å². The lowest BCUT2D eigenvalue weighted by molar-refractivity contribution is 0.501. The number of pyridine rings is 1. The minimum Gasteiger partial charge on any atom is -0.383 e. The number of hydrogen-bond acceptors (Lipinski definition) is 5. The maximum atomic E-state index is 14.5. The van der Waals surface area contributed by atoms with Crippen molar-refractivity contribution in [1.29, 1.82) is 0 Å². The normalized spacial score (nSPS) is 14.9. The van der Waals surface area contributed by atoms with Gasteiger partial charge in [0.05, 0.1) is 16.8 Å². The molecule has 1 saturated heterocycles. The van der Waals surface area contributed by atoms with E-state index in [4.69, 9.17) is 23.1 Å². The van der Waals surface area contributed by atoms with E-state index in [0.717, 1.165) is 29.7 Å². The number of nitrogens with two attached hydrogens (primary N) is 2. The van der Waals surface area contributed by atoms with Gasteiger partial charge in [-0.05, 0) is 55.2 Å². The number of nitrogens with zero attached hydrogens (tertiary/aromatic N) is 3. The number of aromatic nitrogens is 3. The number of piperidine rings is 1. The summed E-state index contributed by atoms with van der Waals surface area (Å²) in [6.07, 6.45) is 3.25. The molecule has 5 rings (SSSR count). The van der Waals surface area contributed by atoms with Gasteiger partial charge in [0.1, 0.15) is 23.0 Å². The third-order valence-corrected chi connectivity index (χ3v) is 6.25. The van der Waals surface area contributed by atoms with Crippen LogP contribution in [0.2, 0.25) is 5.02 Å². The molecule has 0 atom stereocenters. The number of fused-ring (bicyclic) bond motifs is 1. The minimum absolute atomic E-state index is 0.117. The maximum Gasteiger partial charge on any atom is 0.152 e. The molecule has 4 aromatic rings. The van der Waals surface area contributed by atoms with Gasteiger partial charge in [-0.25, -0.2) is 18.7 Å². The first-order valence-corrected chi connectivity index (χ1v) is 11.1. The SMILES string of the molecule is Cc1cc(F)cc(-c2cnc(N)c(-c3nc4c(F)cc(Cl)cc4[nH]3)c2N2CCC(N)CC2)c1. The molecule has 0 bridgehead atoms. The van der Waals surface area contributed by atoms with Crippen molar-refractivity contribution in [3.63, 3.8) is 0 Å². The van der Waals surface area contributed by atoms with Crippen LogP contribution in [-0.4, -0.2) is 34.1 Å². The van der Waals surface area contributed by atoms with Crippen molar-refractivity contribution in [2.45, 2.75) is 25.8 Å². The molecule has 0 amide bonds. The average molecular weight is 469 g/mol. The van der Waals surface area contributed by atoms with Crippen molar-refractivity contribution < 1.29 is 8.78 Å². The van der Waals surface area contributed by atoms with E-state index in [9.17, 15) is 8.78 Å². The van der Waals surface area contributed by atoms with Gasteiger partial charge in [0.15, 0.2) is 5.82 Å². The van der Waals surface area contributed by atoms with Crippen LogP contribution in [-0.2, 0) is 0 Å². The Morgan fingerprint density at radius 3 is 2.61 bits per heavy atom. The summed E-state index contributed by atoms with van der Waals surface area (Å²) in [7, 11) is 0. The number of nitrogens with one attached hydrogen (secondary N) is 1. The summed E-state index contributed by atoms with van der Waals surface area (Å²) in [5.41, 5.74) is 16.6. The van der Waals surface area contributed by atoms with Crippen molar-refractivity contribution >= 4 is 34.1 Å². The summed E-state index contributed by atoms with van der Waals surface area (Å²) in [5.74, 6) is -0.261. The van der Waals surface area contributed by atoms with E-state index in [2.05, 4.69) is 19.9 Å². The first-order valence-electron chi connectivity index (χ1n) is 10.7. The molecule has 2 aromatic heterocycles. The molecule has 0 unspecified atom stereocenters. The van der Waals surface area contributed by atoms with Gasteiger partial charge in [-0.2, -0.15) is 0 Å². The Kier molecular flexibility index (Phi) is 5.42. The van der Waals surface area contributed by atoms with Crippen molar-refractivity contribution in [2.75, 3.05) is 23.7 Å². The van der Waals surface area contributed by atoms with Gasteiger partial charge >= 0.3 is 0 Å². The second-order valence-corrected chi connectivity index (χ2v) is 8.93. The summed E-state index contributed by atoms with van der Waals surface area (Å²) < 4.78 is 28.8. The quantitative estimate of drug-likeness (QED) is 0.391. The smallest absolute Gasteiger partial charge is 0.152 e. The summed E-state index contributed by atoms with van der Waals surface area (Å²) in [4.78, 5) is 14.2. The van der Waals surface area contributed by atoms with Crippen LogP contribution in [0.5, 0.6) is 0 Å². The molecule has 33 heavy (non-hydrogen) atoms. The van der Waals surface area contributed by atoms with Gasteiger partial charge in [-0.1, -0.05) is 17.7 Å². The van der Waals surface area contributed by atoms with Crippen molar-refractivity contribution in [1.82, 2.24) is 15.0 Å². The fourth-order valence-corrected chi connectivity index (χ4v) is 4.67. The van der Waals surface area contributed by atoms with Crippen LogP contribution >= 0.6 is 11.6 Å². The van der Waals surface area contributed by atoms with Crippen LogP contribution in [0.3, 0.4) is 0 Å². The second kappa shape index (κ2) is 8.28. The molecule has 1 fully saturated rings. The van der Waals surface area contributed by atoms with E-state index in [1.807, 2.05) is 13.0 Å². The Labute approximate surface area is 194 Å². The third kappa shape index (κ3) is 4.00. The Morgan fingerprint density at radius 2 is 1.88 bits per heavy atom. The Morgan fingerprint density at radius 1 is 1.12 bits per heavy atom. The molecule has 0 aliphatic carbocycles. The summed E-state index contributed by atoms with van der Waals surface area (Å²) in [6.45, 7) is 3.22. The number of anilines is 2. The Bertz CT molecular complexity index is 1340. The number of aromatic amines is 1. The molecule has 0 spiro atoms. The van der Waals surface area contributed by atoms with Crippen molar-refractivity contribution in [3.8, 4) is 22.5 Å². The molecule has 3 heterocycles. The molecule has 0 saturated carbocycles. The fourth-order valence-electron chi connectivity index (χ4n) is 4.46. The number of imidazole rings is 1. The van der Waals surface area contributed by atoms with Gasteiger partial charge in [0, 0.05) is 35.9 Å². The van der Waals surface area contributed by atoms with Crippen LogP contribution in [0.15, 0.2) is 36.5 Å². The van der Waals surface area contributed by atoms with Crippen LogP contribution < -0.4 is 16.4 Å². The van der Waals surface area contributed by atoms with Crippen LogP contribution in [0.1, 0.15) is 18.4 Å². The first kappa shape index (κ1) is 21.6. The van der Waals surface area contributed by atoms with Crippen LogP contribution in [0.25, 0.3) is 33.5 Å². The number of benzene rings is 2. The lowest BCUT2D eigenvalue weighted by Gasteiger charge is -2.34. The molecule has 1 aliphatic rings. The van der Waals surface area contributed by atoms with Gasteiger partial charge in [-0.15, -0.1) is 0 Å². The van der Waals surface area contributed by atoms with E-state index in [0.29, 0.717) is 35.6 Å². The second-order valence-electron chi connectivity index (χ2n) is 8.49. The third-order valence-electron chi connectivity index (χ3n) is 6.03. The molecule has 0 radical (unpaired) electrons. The molecule has 170 valence electrons. The number of H-pyrrole nitrogens is 1. The number of rotatable bonds is 3. The van der Waals surface area contributed by atoms with E-state index >= 15 is 0 Å². The molecule has 9 heteroatoms. The summed E-state index contributed by atoms with van der Waals surface area (Å²) in [6, 6.07) is 7.79. The highest BCUT2D eigenvalue weighted by Crippen LogP contribution is 2.43. The zero-order chi connectivity index (χ0) is 23.3. The van der Waals surface area contributed by atoms with E-state index in [1.165, 1.54) is 18.2 Å². The van der Waals surface area contributed by atoms with Gasteiger partial charge in [0.25, 0.3) is 0 Å². The Hall–Kier alpha value is -3.23. The first-order chi connectivity index (χ1) is 15.8. The maximum absolute atomic E-state index is 14.5. The molecule has 2 aromatic carbocycles. The number of hydrogen-bond donors (Lipinski definition) is 3. The standard InChI is InChI=1S/C24H23ClF2N6/c1-12-6-13(8-15(26)7-12)17-11-30-23(29)20(22(17)33-4-2-16(28)3-5-33)24-31-19-10-14(25)9-18(27)21(19)32-24/h6-11,16H,2-5,28H2,1H3,(H2,29,30)(H,31,32). The number of aryl methyl sites for hydroxylation is 1. The van der Waals surface area contributed by atoms with E-state index < -0.39 is 5.82 Å². The highest BCUT2D eigenvalue weighted by atomic mass is 35.5. The monoisotopic (exact) mass is 468 g/mol. The largest absolute Gasteiger partial charge is 0.383 e. The summed E-state index contributed by atoms with van der Waals surface area (Å²) in [5, 5.41) is 0.260. The minimum atomic E-state index is -0.533. The summed E-state index contributed by atoms with van der Waals surface area (Å²) >= 11 is 6.03. The zero-order valence-corrected chi connectivity index (χ0v) is 18.8. The van der Waals surface area contributed by atoms with Gasteiger partial charge in [-0.3, -0.25) is 0 Å². The fraction of sp³-hybridized carbons (Fsp3) is 0.250. The molecular formula is C24H23ClF2N6. The number of halogens is 3. The predicted octanol–water partition coefficient (Wildman–Crippen LogP) is 5.04. The average Bonchev–Trinajstić information content (AvgIpc) is 3.17. The van der Waals surface area contributed by atoms with Crippen LogP contribution in [0.4, 0.5) is 20.3 Å². The Balaban J connectivity index is 1.77. The number of nitrogen functional groups attached to an aromatic ring is 1. The lowest BCUT2D eigenvalue weighted by atomic mass is 9.97. The molecular weight excluding hydrogens is 446 g/mol. The lowest BCUT2D eigenvalue weighted by Crippen LogP contribution is -2.40. The molecule has 5 N–H and O–H groups in total.